The molecule has 11 heteroatoms. The summed E-state index contributed by atoms with van der Waals surface area (Å²) in [4.78, 5) is 69.8. The number of hydrogen-bond acceptors (Lipinski definition) is 8. The van der Waals surface area contributed by atoms with Gasteiger partial charge in [0.25, 0.3) is 5.91 Å². The fraction of sp³-hybridized carbons (Fsp3) is 0.238. The van der Waals surface area contributed by atoms with Crippen molar-refractivity contribution >= 4 is 57.7 Å². The summed E-state index contributed by atoms with van der Waals surface area (Å²) in [6.07, 6.45) is 0.198. The van der Waals surface area contributed by atoms with Gasteiger partial charge >= 0.3 is 6.09 Å². The van der Waals surface area contributed by atoms with Crippen LogP contribution in [-0.2, 0) is 19.1 Å². The molecule has 53 heavy (non-hydrogen) atoms. The van der Waals surface area contributed by atoms with E-state index < -0.39 is 42.9 Å². The quantitative estimate of drug-likeness (QED) is 0.0820. The third-order valence-electron chi connectivity index (χ3n) is 9.58. The second kappa shape index (κ2) is 16.4. The van der Waals surface area contributed by atoms with Crippen molar-refractivity contribution in [2.24, 2.45) is 5.92 Å². The Morgan fingerprint density at radius 2 is 1.43 bits per heavy atom. The SMILES string of the molecule is C=CCCC(=O)C(N1C(=O)[C@H]([C@@H](C)O)[C@H]1CC(=O)c1ccc(OCC(=O)N2CCOC2=O)cc1)=P(c1ccccc1)(c1ccccc1)c1ccccc1. The second-order valence-electron chi connectivity index (χ2n) is 12.9. The number of aliphatic hydroxyl groups excluding tert-OH is 1. The largest absolute Gasteiger partial charge is 0.484 e. The first-order chi connectivity index (χ1) is 25.7. The van der Waals surface area contributed by atoms with Crippen LogP contribution in [0.4, 0.5) is 4.79 Å². The first kappa shape index (κ1) is 37.2. The lowest BCUT2D eigenvalue weighted by Gasteiger charge is -2.51. The summed E-state index contributed by atoms with van der Waals surface area (Å²) >= 11 is 0. The van der Waals surface area contributed by atoms with E-state index >= 15 is 0 Å². The van der Waals surface area contributed by atoms with Gasteiger partial charge < -0.3 is 19.5 Å². The Hall–Kier alpha value is -5.57. The average Bonchev–Trinajstić information content (AvgIpc) is 3.62. The Labute approximate surface area is 308 Å². The van der Waals surface area contributed by atoms with Crippen LogP contribution in [0, 0.1) is 5.92 Å². The summed E-state index contributed by atoms with van der Waals surface area (Å²) in [6.45, 7) is 2.18. The zero-order chi connectivity index (χ0) is 37.5. The van der Waals surface area contributed by atoms with Crippen LogP contribution >= 0.6 is 6.89 Å². The van der Waals surface area contributed by atoms with Crippen LogP contribution in [0.5, 0.6) is 5.75 Å². The molecule has 0 bridgehead atoms. The van der Waals surface area contributed by atoms with Crippen LogP contribution in [0.25, 0.3) is 0 Å². The zero-order valence-corrected chi connectivity index (χ0v) is 30.3. The minimum absolute atomic E-state index is 0.0970. The van der Waals surface area contributed by atoms with Crippen LogP contribution in [0.3, 0.4) is 0 Å². The summed E-state index contributed by atoms with van der Waals surface area (Å²) in [7, 11) is 0. The Morgan fingerprint density at radius 3 is 1.91 bits per heavy atom. The van der Waals surface area contributed by atoms with Gasteiger partial charge in [-0.2, -0.15) is 0 Å². The van der Waals surface area contributed by atoms with E-state index in [-0.39, 0.29) is 44.2 Å². The summed E-state index contributed by atoms with van der Waals surface area (Å²) in [6, 6.07) is 34.5. The number of ketones is 2. The monoisotopic (exact) mass is 732 g/mol. The number of rotatable bonds is 15. The molecule has 0 saturated carbocycles. The first-order valence-electron chi connectivity index (χ1n) is 17.5. The van der Waals surface area contributed by atoms with E-state index in [9.17, 15) is 29.1 Å². The molecular weight excluding hydrogens is 691 g/mol. The molecule has 0 aliphatic carbocycles. The Morgan fingerprint density at radius 1 is 0.887 bits per heavy atom. The zero-order valence-electron chi connectivity index (χ0n) is 29.4. The standard InChI is InChI=1S/C42H41N2O8P/c1-3-4-20-36(46)41(53(32-14-8-5-9-15-32,33-16-10-6-11-17-33)34-18-12-7-13-19-34)44-35(39(29(2)45)40(44)49)27-37(47)30-21-23-31(24-22-30)52-28-38(48)43-25-26-51-42(43)50/h3,5-19,21-24,29,35,39,45H,1,4,20,25-28H2,2H3/t29-,35-,39-/m1/s1. The number of carbonyl (C=O) groups excluding carboxylic acids is 5. The van der Waals surface area contributed by atoms with Gasteiger partial charge in [0.05, 0.1) is 30.0 Å². The maximum Gasteiger partial charge on any atom is 0.416 e. The van der Waals surface area contributed by atoms with Crippen LogP contribution in [-0.4, -0.2) is 81.7 Å². The van der Waals surface area contributed by atoms with Gasteiger partial charge in [0.2, 0.25) is 5.91 Å². The highest BCUT2D eigenvalue weighted by atomic mass is 31.2. The number of cyclic esters (lactones) is 1. The molecule has 2 aliphatic rings. The summed E-state index contributed by atoms with van der Waals surface area (Å²) in [5.74, 6) is -2.10. The smallest absolute Gasteiger partial charge is 0.416 e. The molecule has 6 rings (SSSR count). The minimum atomic E-state index is -3.09. The van der Waals surface area contributed by atoms with E-state index in [1.807, 2.05) is 91.0 Å². The molecule has 2 saturated heterocycles. The van der Waals surface area contributed by atoms with Gasteiger partial charge in [0, 0.05) is 25.3 Å². The molecule has 2 fully saturated rings. The minimum Gasteiger partial charge on any atom is -0.484 e. The molecule has 2 aliphatic heterocycles. The van der Waals surface area contributed by atoms with Gasteiger partial charge in [-0.15, -0.1) is 6.58 Å². The van der Waals surface area contributed by atoms with Gasteiger partial charge in [-0.3, -0.25) is 19.2 Å². The predicted octanol–water partition coefficient (Wildman–Crippen LogP) is 4.48. The Kier molecular flexibility index (Phi) is 11.5. The molecule has 2 heterocycles. The number of imide groups is 1. The Balaban J connectivity index is 1.43. The van der Waals surface area contributed by atoms with Crippen molar-refractivity contribution < 1.29 is 38.6 Å². The van der Waals surface area contributed by atoms with E-state index in [1.165, 1.54) is 11.8 Å². The van der Waals surface area contributed by atoms with Crippen LogP contribution in [0.1, 0.15) is 36.5 Å². The van der Waals surface area contributed by atoms with Crippen molar-refractivity contribution in [1.29, 1.82) is 0 Å². The number of carbonyl (C=O) groups is 5. The molecule has 272 valence electrons. The lowest BCUT2D eigenvalue weighted by atomic mass is 9.79. The molecule has 3 amide bonds. The molecule has 3 atom stereocenters. The van der Waals surface area contributed by atoms with E-state index in [1.54, 1.807) is 30.3 Å². The average molecular weight is 733 g/mol. The van der Waals surface area contributed by atoms with Crippen molar-refractivity contribution in [2.75, 3.05) is 19.8 Å². The van der Waals surface area contributed by atoms with Gasteiger partial charge in [-0.1, -0.05) is 97.1 Å². The number of Topliss-reactive ketones (excluding diaryl/α,β-unsaturated/α-hetero) is 2. The van der Waals surface area contributed by atoms with Crippen molar-refractivity contribution in [3.8, 4) is 5.75 Å². The number of nitrogens with zero attached hydrogens (tertiary/aromatic N) is 2. The fourth-order valence-electron chi connectivity index (χ4n) is 7.06. The van der Waals surface area contributed by atoms with Gasteiger partial charge in [0.15, 0.2) is 18.2 Å². The fourth-order valence-corrected chi connectivity index (χ4v) is 11.6. The Bertz CT molecular complexity index is 1950. The molecule has 4 aromatic rings. The summed E-state index contributed by atoms with van der Waals surface area (Å²) in [5, 5.41) is 13.5. The third-order valence-corrected chi connectivity index (χ3v) is 13.9. The highest BCUT2D eigenvalue weighted by Gasteiger charge is 2.55. The molecule has 1 N–H and O–H groups in total. The van der Waals surface area contributed by atoms with Gasteiger partial charge in [0.1, 0.15) is 12.4 Å². The van der Waals surface area contributed by atoms with Crippen LogP contribution in [0.15, 0.2) is 128 Å². The van der Waals surface area contributed by atoms with Crippen molar-refractivity contribution in [3.05, 3.63) is 133 Å². The molecule has 10 nitrogen and oxygen atoms in total. The van der Waals surface area contributed by atoms with E-state index in [4.69, 9.17) is 9.47 Å². The normalized spacial score (nSPS) is 17.4. The maximum absolute atomic E-state index is 14.8. The molecule has 0 spiro atoms. The number of aliphatic hydroxyl groups is 1. The topological polar surface area (TPSA) is 131 Å². The number of allylic oxidation sites excluding steroid dienone is 1. The molecule has 0 aromatic heterocycles. The lowest BCUT2D eigenvalue weighted by Crippen LogP contribution is -2.68. The summed E-state index contributed by atoms with van der Waals surface area (Å²) < 4.78 is 10.4. The number of ether oxygens (including phenoxy) is 2. The number of β-lactam (4-membered cyclic amide) rings is 1. The van der Waals surface area contributed by atoms with Crippen LogP contribution in [0.2, 0.25) is 0 Å². The lowest BCUT2D eigenvalue weighted by molar-refractivity contribution is -0.155. The number of amides is 3. The molecule has 0 unspecified atom stereocenters. The highest BCUT2D eigenvalue weighted by molar-refractivity contribution is 7.96. The highest BCUT2D eigenvalue weighted by Crippen LogP contribution is 2.50. The van der Waals surface area contributed by atoms with Gasteiger partial charge in [-0.25, -0.2) is 9.69 Å². The van der Waals surface area contributed by atoms with E-state index in [0.29, 0.717) is 23.2 Å². The van der Waals surface area contributed by atoms with E-state index in [0.717, 1.165) is 20.8 Å². The summed E-state index contributed by atoms with van der Waals surface area (Å²) in [5.41, 5.74) is 0.642. The second-order valence-corrected chi connectivity index (χ2v) is 16.2. The maximum atomic E-state index is 14.8. The third kappa shape index (κ3) is 7.38. The van der Waals surface area contributed by atoms with Crippen molar-refractivity contribution in [1.82, 2.24) is 9.80 Å². The number of likely N-dealkylation sites (tertiary alicyclic amines) is 1. The number of hydrogen-bond donors (Lipinski definition) is 1. The van der Waals surface area contributed by atoms with Crippen LogP contribution < -0.4 is 20.7 Å². The molecule has 0 radical (unpaired) electrons. The van der Waals surface area contributed by atoms with Crippen molar-refractivity contribution in [2.45, 2.75) is 38.3 Å². The first-order valence-corrected chi connectivity index (χ1v) is 19.3. The van der Waals surface area contributed by atoms with Gasteiger partial charge in [-0.05, 0) is 53.5 Å². The predicted molar refractivity (Wildman–Crippen MR) is 204 cm³/mol. The van der Waals surface area contributed by atoms with Crippen molar-refractivity contribution in [3.63, 3.8) is 0 Å². The van der Waals surface area contributed by atoms with E-state index in [2.05, 4.69) is 6.58 Å². The molecule has 4 aromatic carbocycles. The molecular formula is C42H41N2O8P. The number of benzene rings is 4.